The van der Waals surface area contributed by atoms with Crippen molar-refractivity contribution >= 4 is 26.5 Å². The van der Waals surface area contributed by atoms with Gasteiger partial charge in [-0.15, -0.1) is 0 Å². The highest BCUT2D eigenvalue weighted by Crippen LogP contribution is 2.32. The highest BCUT2D eigenvalue weighted by Gasteiger charge is 2.18. The number of fused-ring (bicyclic) bond motifs is 3. The Morgan fingerprint density at radius 1 is 0.968 bits per heavy atom. The number of hydrogen-bond donors (Lipinski definition) is 0. The van der Waals surface area contributed by atoms with E-state index >= 15 is 0 Å². The zero-order valence-corrected chi connectivity index (χ0v) is 19.7. The summed E-state index contributed by atoms with van der Waals surface area (Å²) < 4.78 is 9.95. The second-order valence-electron chi connectivity index (χ2n) is 8.08. The summed E-state index contributed by atoms with van der Waals surface area (Å²) in [5.74, 6) is 0.935. The summed E-state index contributed by atoms with van der Waals surface area (Å²) in [4.78, 5) is 8.19. The highest BCUT2D eigenvalue weighted by molar-refractivity contribution is 7.23. The van der Waals surface area contributed by atoms with E-state index in [-0.39, 0.29) is 6.23 Å². The molecule has 0 saturated heterocycles. The van der Waals surface area contributed by atoms with Crippen LogP contribution in [0.1, 0.15) is 52.9 Å². The number of ether oxygens (including phenoxy) is 1. The molecule has 0 bridgehead atoms. The summed E-state index contributed by atoms with van der Waals surface area (Å²) in [5, 5.41) is 0. The molecule has 0 spiro atoms. The molecular formula is C26H33N3OS. The Kier molecular flexibility index (Phi) is 7.25. The molecule has 0 radical (unpaired) electrons. The van der Waals surface area contributed by atoms with Gasteiger partial charge in [0.1, 0.15) is 5.75 Å². The zero-order valence-electron chi connectivity index (χ0n) is 18.9. The van der Waals surface area contributed by atoms with Gasteiger partial charge in [-0.1, -0.05) is 57.1 Å². The molecule has 164 valence electrons. The van der Waals surface area contributed by atoms with Crippen LogP contribution in [0.3, 0.4) is 0 Å². The predicted molar refractivity (Wildman–Crippen MR) is 132 cm³/mol. The molecule has 4 aromatic rings. The van der Waals surface area contributed by atoms with Crippen molar-refractivity contribution < 1.29 is 4.74 Å². The molecule has 2 aromatic heterocycles. The maximum absolute atomic E-state index is 6.44. The quantitative estimate of drug-likeness (QED) is 0.233. The number of aromatic nitrogens is 2. The van der Waals surface area contributed by atoms with Gasteiger partial charge in [-0.05, 0) is 55.7 Å². The van der Waals surface area contributed by atoms with Crippen LogP contribution in [-0.4, -0.2) is 33.6 Å². The maximum atomic E-state index is 6.44. The molecule has 2 heterocycles. The topological polar surface area (TPSA) is 29.8 Å². The van der Waals surface area contributed by atoms with Gasteiger partial charge in [0.15, 0.2) is 11.2 Å². The van der Waals surface area contributed by atoms with E-state index < -0.39 is 0 Å². The average molecular weight is 436 g/mol. The molecule has 0 amide bonds. The Morgan fingerprint density at radius 2 is 1.68 bits per heavy atom. The number of benzene rings is 2. The third kappa shape index (κ3) is 4.78. The lowest BCUT2D eigenvalue weighted by atomic mass is 10.1. The molecule has 1 atom stereocenters. The van der Waals surface area contributed by atoms with E-state index in [4.69, 9.17) is 4.74 Å². The zero-order chi connectivity index (χ0) is 21.6. The third-order valence-corrected chi connectivity index (χ3v) is 6.85. The summed E-state index contributed by atoms with van der Waals surface area (Å²) in [6.45, 7) is 8.93. The smallest absolute Gasteiger partial charge is 0.195 e. The van der Waals surface area contributed by atoms with E-state index in [0.717, 1.165) is 41.5 Å². The number of unbranched alkanes of at least 4 members (excludes halogenated alkanes) is 2. The van der Waals surface area contributed by atoms with E-state index in [1.165, 1.54) is 35.9 Å². The second-order valence-corrected chi connectivity index (χ2v) is 9.09. The van der Waals surface area contributed by atoms with Crippen molar-refractivity contribution in [2.24, 2.45) is 0 Å². The van der Waals surface area contributed by atoms with Crippen molar-refractivity contribution in [3.63, 3.8) is 0 Å². The van der Waals surface area contributed by atoms with Crippen LogP contribution in [0.2, 0.25) is 0 Å². The number of hydrogen-bond acceptors (Lipinski definition) is 4. The van der Waals surface area contributed by atoms with E-state index in [1.807, 2.05) is 6.20 Å². The summed E-state index contributed by atoms with van der Waals surface area (Å²) in [6, 6.07) is 17.0. The van der Waals surface area contributed by atoms with E-state index in [9.17, 15) is 0 Å². The van der Waals surface area contributed by atoms with Crippen LogP contribution in [0.15, 0.2) is 54.7 Å². The fourth-order valence-corrected chi connectivity index (χ4v) is 5.07. The lowest BCUT2D eigenvalue weighted by molar-refractivity contribution is 0.0202. The molecule has 31 heavy (non-hydrogen) atoms. The number of nitrogens with zero attached hydrogens (tertiary/aromatic N) is 3. The van der Waals surface area contributed by atoms with E-state index in [1.54, 1.807) is 11.3 Å². The van der Waals surface area contributed by atoms with Gasteiger partial charge < -0.3 is 4.74 Å². The third-order valence-electron chi connectivity index (χ3n) is 5.81. The molecule has 1 unspecified atom stereocenters. The van der Waals surface area contributed by atoms with Gasteiger partial charge in [0.05, 0.1) is 22.1 Å². The highest BCUT2D eigenvalue weighted by atomic mass is 32.1. The molecule has 0 fully saturated rings. The molecular weight excluding hydrogens is 402 g/mol. The molecule has 0 N–H and O–H groups in total. The van der Waals surface area contributed by atoms with Crippen LogP contribution in [0, 0.1) is 0 Å². The summed E-state index contributed by atoms with van der Waals surface area (Å²) in [5.41, 5.74) is 3.49. The molecule has 0 aliphatic carbocycles. The van der Waals surface area contributed by atoms with Crippen molar-refractivity contribution in [3.05, 3.63) is 54.7 Å². The van der Waals surface area contributed by atoms with Gasteiger partial charge in [0, 0.05) is 18.7 Å². The fourth-order valence-electron chi connectivity index (χ4n) is 4.07. The molecule has 4 rings (SSSR count). The Morgan fingerprint density at radius 3 is 2.35 bits per heavy atom. The molecule has 0 aliphatic rings. The van der Waals surface area contributed by atoms with Crippen molar-refractivity contribution in [1.82, 2.24) is 14.3 Å². The summed E-state index contributed by atoms with van der Waals surface area (Å²) in [7, 11) is 0. The fraction of sp³-hybridized carbons (Fsp3) is 0.423. The van der Waals surface area contributed by atoms with Crippen LogP contribution in [0.25, 0.3) is 26.4 Å². The monoisotopic (exact) mass is 435 g/mol. The van der Waals surface area contributed by atoms with E-state index in [0.29, 0.717) is 0 Å². The minimum Gasteiger partial charge on any atom is -0.475 e. The van der Waals surface area contributed by atoms with Crippen molar-refractivity contribution in [3.8, 4) is 17.0 Å². The van der Waals surface area contributed by atoms with Crippen molar-refractivity contribution in [1.29, 1.82) is 0 Å². The van der Waals surface area contributed by atoms with Gasteiger partial charge in [-0.3, -0.25) is 9.30 Å². The van der Waals surface area contributed by atoms with E-state index in [2.05, 4.69) is 83.6 Å². The lowest BCUT2D eigenvalue weighted by Crippen LogP contribution is -2.40. The Hall–Kier alpha value is -2.37. The van der Waals surface area contributed by atoms with Crippen molar-refractivity contribution in [2.45, 2.75) is 59.1 Å². The summed E-state index contributed by atoms with van der Waals surface area (Å²) in [6.07, 6.45) is 7.95. The SMILES string of the molecule is CCCCN(CCCC)C(CC)Oc1ccc(-c2cnc3sc4ccccc4n23)cc1. The molecule has 0 aliphatic heterocycles. The van der Waals surface area contributed by atoms with Crippen LogP contribution in [-0.2, 0) is 0 Å². The first kappa shape index (κ1) is 21.8. The summed E-state index contributed by atoms with van der Waals surface area (Å²) >= 11 is 1.73. The minimum atomic E-state index is 0.131. The first-order chi connectivity index (χ1) is 15.2. The number of thiazole rings is 1. The first-order valence-corrected chi connectivity index (χ1v) is 12.4. The van der Waals surface area contributed by atoms with Crippen LogP contribution in [0.4, 0.5) is 0 Å². The van der Waals surface area contributed by atoms with Gasteiger partial charge in [-0.25, -0.2) is 4.98 Å². The number of imidazole rings is 1. The van der Waals surface area contributed by atoms with Crippen LogP contribution < -0.4 is 4.74 Å². The predicted octanol–water partition coefficient (Wildman–Crippen LogP) is 7.23. The Bertz CT molecular complexity index is 1090. The van der Waals surface area contributed by atoms with Gasteiger partial charge >= 0.3 is 0 Å². The molecule has 5 heteroatoms. The first-order valence-electron chi connectivity index (χ1n) is 11.6. The molecule has 4 nitrogen and oxygen atoms in total. The minimum absolute atomic E-state index is 0.131. The Labute approximate surface area is 189 Å². The molecule has 2 aromatic carbocycles. The average Bonchev–Trinajstić information content (AvgIpc) is 3.38. The second kappa shape index (κ2) is 10.3. The van der Waals surface area contributed by atoms with Crippen LogP contribution in [0.5, 0.6) is 5.75 Å². The Balaban J connectivity index is 1.54. The van der Waals surface area contributed by atoms with Gasteiger partial charge in [0.2, 0.25) is 0 Å². The molecule has 0 saturated carbocycles. The largest absolute Gasteiger partial charge is 0.475 e. The van der Waals surface area contributed by atoms with Crippen molar-refractivity contribution in [2.75, 3.05) is 13.1 Å². The standard InChI is InChI=1S/C26H33N3OS/c1-4-7-17-28(18-8-5-2)25(6-3)30-21-15-13-20(14-16-21)23-19-27-26-29(23)22-11-9-10-12-24(22)31-26/h9-16,19,25H,4-8,17-18H2,1-3H3. The number of para-hydroxylation sites is 1. The normalized spacial score (nSPS) is 12.8. The van der Waals surface area contributed by atoms with Crippen LogP contribution >= 0.6 is 11.3 Å². The van der Waals surface area contributed by atoms with Gasteiger partial charge in [0.25, 0.3) is 0 Å². The lowest BCUT2D eigenvalue weighted by Gasteiger charge is -2.31. The maximum Gasteiger partial charge on any atom is 0.195 e. The van der Waals surface area contributed by atoms with Gasteiger partial charge in [-0.2, -0.15) is 0 Å². The number of rotatable bonds is 11.